The summed E-state index contributed by atoms with van der Waals surface area (Å²) in [5.74, 6) is -0.415. The summed E-state index contributed by atoms with van der Waals surface area (Å²) in [4.78, 5) is 15.0. The molecule has 4 rings (SSSR count). The smallest absolute Gasteiger partial charge is 0.275 e. The monoisotopic (exact) mass is 362 g/mol. The minimum absolute atomic E-state index is 0.119. The van der Waals surface area contributed by atoms with Gasteiger partial charge in [0, 0.05) is 30.9 Å². The van der Waals surface area contributed by atoms with Crippen LogP contribution in [-0.4, -0.2) is 17.0 Å². The number of nitrogens with zero attached hydrogens (tertiary/aromatic N) is 2. The molecule has 4 nitrogen and oxygen atoms in total. The van der Waals surface area contributed by atoms with Gasteiger partial charge in [-0.2, -0.15) is 0 Å². The van der Waals surface area contributed by atoms with E-state index in [1.165, 1.54) is 12.1 Å². The molecule has 1 amide bonds. The summed E-state index contributed by atoms with van der Waals surface area (Å²) in [6, 6.07) is 19.5. The average Bonchev–Trinajstić information content (AvgIpc) is 3.26. The summed E-state index contributed by atoms with van der Waals surface area (Å²) >= 11 is 0. The molecule has 4 aromatic rings. The van der Waals surface area contributed by atoms with E-state index in [1.54, 1.807) is 23.3 Å². The second-order valence-electron chi connectivity index (χ2n) is 6.30. The molecule has 0 bridgehead atoms. The van der Waals surface area contributed by atoms with Crippen LogP contribution in [0.15, 0.2) is 77.4 Å². The summed E-state index contributed by atoms with van der Waals surface area (Å²) in [6.45, 7) is 2.86. The molecular formula is C22H19FN2O2. The molecule has 136 valence electrons. The first-order chi connectivity index (χ1) is 13.2. The standard InChI is InChI=1S/C22H19FN2O2/c1-2-24(18-9-4-3-5-10-18)22(26)20-14-21-19(11-12-27-21)25(20)15-16-7-6-8-17(23)13-16/h3-14H,2,15H2,1H3. The van der Waals surface area contributed by atoms with Crippen LogP contribution in [0.4, 0.5) is 10.1 Å². The van der Waals surface area contributed by atoms with Gasteiger partial charge in [-0.1, -0.05) is 30.3 Å². The third-order valence-corrected chi connectivity index (χ3v) is 4.60. The number of carbonyl (C=O) groups is 1. The number of rotatable bonds is 5. The first-order valence-corrected chi connectivity index (χ1v) is 8.85. The molecule has 0 unspecified atom stereocenters. The lowest BCUT2D eigenvalue weighted by atomic mass is 10.2. The Morgan fingerprint density at radius 1 is 1.07 bits per heavy atom. The highest BCUT2D eigenvalue weighted by Gasteiger charge is 2.23. The van der Waals surface area contributed by atoms with Crippen LogP contribution in [-0.2, 0) is 6.54 Å². The van der Waals surface area contributed by atoms with Crippen molar-refractivity contribution in [1.82, 2.24) is 4.57 Å². The van der Waals surface area contributed by atoms with Gasteiger partial charge in [0.1, 0.15) is 11.5 Å². The van der Waals surface area contributed by atoms with E-state index in [2.05, 4.69) is 0 Å². The fraction of sp³-hybridized carbons (Fsp3) is 0.136. The second kappa shape index (κ2) is 7.11. The van der Waals surface area contributed by atoms with Crippen molar-refractivity contribution in [2.24, 2.45) is 0 Å². The Morgan fingerprint density at radius 3 is 2.63 bits per heavy atom. The van der Waals surface area contributed by atoms with Gasteiger partial charge >= 0.3 is 0 Å². The van der Waals surface area contributed by atoms with Crippen LogP contribution in [0.25, 0.3) is 11.1 Å². The number of carbonyl (C=O) groups excluding carboxylic acids is 1. The number of aromatic nitrogens is 1. The lowest BCUT2D eigenvalue weighted by Gasteiger charge is -2.22. The van der Waals surface area contributed by atoms with Crippen molar-refractivity contribution in [2.45, 2.75) is 13.5 Å². The van der Waals surface area contributed by atoms with Crippen LogP contribution in [0.2, 0.25) is 0 Å². The molecule has 2 aromatic heterocycles. The lowest BCUT2D eigenvalue weighted by molar-refractivity contribution is 0.0980. The molecule has 0 aliphatic rings. The topological polar surface area (TPSA) is 38.4 Å². The molecule has 0 spiro atoms. The predicted octanol–water partition coefficient (Wildman–Crippen LogP) is 5.09. The zero-order valence-electron chi connectivity index (χ0n) is 14.9. The number of fused-ring (bicyclic) bond motifs is 1. The van der Waals surface area contributed by atoms with Gasteiger partial charge in [0.25, 0.3) is 5.91 Å². The van der Waals surface area contributed by atoms with Crippen LogP contribution in [0.3, 0.4) is 0 Å². The molecule has 0 fully saturated rings. The van der Waals surface area contributed by atoms with Gasteiger partial charge in [0.15, 0.2) is 5.58 Å². The van der Waals surface area contributed by atoms with E-state index in [4.69, 9.17) is 4.42 Å². The van der Waals surface area contributed by atoms with Crippen molar-refractivity contribution < 1.29 is 13.6 Å². The Hall–Kier alpha value is -3.34. The number of para-hydroxylation sites is 1. The van der Waals surface area contributed by atoms with Crippen molar-refractivity contribution in [3.63, 3.8) is 0 Å². The van der Waals surface area contributed by atoms with Crippen molar-refractivity contribution in [3.05, 3.63) is 90.1 Å². The minimum Gasteiger partial charge on any atom is -0.463 e. The van der Waals surface area contributed by atoms with Crippen molar-refractivity contribution >= 4 is 22.7 Å². The summed E-state index contributed by atoms with van der Waals surface area (Å²) in [6.07, 6.45) is 1.59. The highest BCUT2D eigenvalue weighted by atomic mass is 19.1. The number of anilines is 1. The van der Waals surface area contributed by atoms with Gasteiger partial charge in [-0.05, 0) is 36.8 Å². The fourth-order valence-corrected chi connectivity index (χ4v) is 3.33. The molecule has 0 saturated heterocycles. The highest BCUT2D eigenvalue weighted by molar-refractivity contribution is 6.07. The molecule has 2 heterocycles. The van der Waals surface area contributed by atoms with Gasteiger partial charge in [0.05, 0.1) is 11.8 Å². The third-order valence-electron chi connectivity index (χ3n) is 4.60. The maximum Gasteiger partial charge on any atom is 0.275 e. The lowest BCUT2D eigenvalue weighted by Crippen LogP contribution is -2.32. The summed E-state index contributed by atoms with van der Waals surface area (Å²) in [5.41, 5.74) is 3.58. The first-order valence-electron chi connectivity index (χ1n) is 8.85. The minimum atomic E-state index is -0.296. The van der Waals surface area contributed by atoms with Crippen molar-refractivity contribution in [1.29, 1.82) is 0 Å². The largest absolute Gasteiger partial charge is 0.463 e. The van der Waals surface area contributed by atoms with Crippen LogP contribution in [0, 0.1) is 5.82 Å². The molecule has 0 aliphatic heterocycles. The zero-order chi connectivity index (χ0) is 18.8. The first kappa shape index (κ1) is 17.1. The number of benzene rings is 2. The van der Waals surface area contributed by atoms with Gasteiger partial charge in [0.2, 0.25) is 0 Å². The number of furan rings is 1. The molecule has 0 N–H and O–H groups in total. The van der Waals surface area contributed by atoms with Gasteiger partial charge in [-0.25, -0.2) is 4.39 Å². The van der Waals surface area contributed by atoms with Gasteiger partial charge in [-0.3, -0.25) is 4.79 Å². The maximum absolute atomic E-state index is 13.6. The normalized spacial score (nSPS) is 11.0. The molecule has 0 aliphatic carbocycles. The molecule has 5 heteroatoms. The van der Waals surface area contributed by atoms with Crippen molar-refractivity contribution in [2.75, 3.05) is 11.4 Å². The third kappa shape index (κ3) is 3.24. The van der Waals surface area contributed by atoms with Gasteiger partial charge in [-0.15, -0.1) is 0 Å². The SMILES string of the molecule is CCN(C(=O)c1cc2occc2n1Cc1cccc(F)c1)c1ccccc1. The zero-order valence-corrected chi connectivity index (χ0v) is 14.9. The second-order valence-corrected chi connectivity index (χ2v) is 6.30. The molecule has 0 atom stereocenters. The van der Waals surface area contributed by atoms with E-state index in [0.717, 1.165) is 16.8 Å². The Morgan fingerprint density at radius 2 is 1.89 bits per heavy atom. The van der Waals surface area contributed by atoms with Crippen molar-refractivity contribution in [3.8, 4) is 0 Å². The summed E-state index contributed by atoms with van der Waals surface area (Å²) in [5, 5.41) is 0. The molecule has 2 aromatic carbocycles. The number of amides is 1. The van der Waals surface area contributed by atoms with E-state index in [0.29, 0.717) is 24.4 Å². The average molecular weight is 362 g/mol. The molecule has 0 saturated carbocycles. The number of halogens is 1. The Balaban J connectivity index is 1.77. The van der Waals surface area contributed by atoms with E-state index < -0.39 is 0 Å². The van der Waals surface area contributed by atoms with E-state index in [1.807, 2.05) is 54.0 Å². The predicted molar refractivity (Wildman–Crippen MR) is 103 cm³/mol. The van der Waals surface area contributed by atoms with Crippen LogP contribution in [0.5, 0.6) is 0 Å². The number of hydrogen-bond donors (Lipinski definition) is 0. The van der Waals surface area contributed by atoms with E-state index >= 15 is 0 Å². The fourth-order valence-electron chi connectivity index (χ4n) is 3.33. The summed E-state index contributed by atoms with van der Waals surface area (Å²) in [7, 11) is 0. The quantitative estimate of drug-likeness (QED) is 0.496. The van der Waals surface area contributed by atoms with Crippen LogP contribution < -0.4 is 4.90 Å². The van der Waals surface area contributed by atoms with E-state index in [9.17, 15) is 9.18 Å². The van der Waals surface area contributed by atoms with Gasteiger partial charge < -0.3 is 13.9 Å². The van der Waals surface area contributed by atoms with Crippen LogP contribution in [0.1, 0.15) is 23.0 Å². The van der Waals surface area contributed by atoms with Crippen LogP contribution >= 0.6 is 0 Å². The summed E-state index contributed by atoms with van der Waals surface area (Å²) < 4.78 is 21.0. The Labute approximate surface area is 156 Å². The molecule has 27 heavy (non-hydrogen) atoms. The highest BCUT2D eigenvalue weighted by Crippen LogP contribution is 2.25. The Bertz CT molecular complexity index is 1080. The number of hydrogen-bond acceptors (Lipinski definition) is 2. The maximum atomic E-state index is 13.6. The molecule has 0 radical (unpaired) electrons. The molecular weight excluding hydrogens is 343 g/mol. The van der Waals surface area contributed by atoms with E-state index in [-0.39, 0.29) is 11.7 Å². The Kier molecular flexibility index (Phi) is 4.50.